The maximum absolute atomic E-state index is 12.3. The quantitative estimate of drug-likeness (QED) is 0.777. The number of imide groups is 1. The number of carbonyl (C=O) groups excluding carboxylic acids is 4. The molecule has 28 heavy (non-hydrogen) atoms. The summed E-state index contributed by atoms with van der Waals surface area (Å²) in [5, 5.41) is 1.92. The van der Waals surface area contributed by atoms with Crippen molar-refractivity contribution in [2.45, 2.75) is 31.5 Å². The molecule has 0 bridgehead atoms. The van der Waals surface area contributed by atoms with E-state index in [1.54, 1.807) is 24.3 Å². The Kier molecular flexibility index (Phi) is 5.39. The second-order valence-electron chi connectivity index (χ2n) is 6.68. The number of alkyl halides is 3. The third kappa shape index (κ3) is 4.00. The first kappa shape index (κ1) is 19.8. The fourth-order valence-corrected chi connectivity index (χ4v) is 3.35. The number of hydrogen-bond acceptors (Lipinski definition) is 4. The first-order chi connectivity index (χ1) is 13.2. The Bertz CT molecular complexity index is 782. The van der Waals surface area contributed by atoms with Crippen LogP contribution in [0.25, 0.3) is 0 Å². The Labute approximate surface area is 158 Å². The smallest absolute Gasteiger partial charge is 0.345 e. The fourth-order valence-electron chi connectivity index (χ4n) is 3.35. The summed E-state index contributed by atoms with van der Waals surface area (Å²) in [5.74, 6) is -3.16. The Morgan fingerprint density at radius 3 is 2.07 bits per heavy atom. The highest BCUT2D eigenvalue weighted by Gasteiger charge is 2.40. The molecule has 1 aromatic rings. The molecule has 3 rings (SSSR count). The zero-order valence-electron chi connectivity index (χ0n) is 14.8. The molecule has 150 valence electrons. The van der Waals surface area contributed by atoms with Gasteiger partial charge in [-0.05, 0) is 25.0 Å². The molecule has 10 heteroatoms. The molecule has 4 amide bonds. The van der Waals surface area contributed by atoms with E-state index in [0.29, 0.717) is 11.1 Å². The highest BCUT2D eigenvalue weighted by atomic mass is 19.4. The van der Waals surface area contributed by atoms with Gasteiger partial charge in [0.25, 0.3) is 11.8 Å². The van der Waals surface area contributed by atoms with Gasteiger partial charge in [0, 0.05) is 32.1 Å². The lowest BCUT2D eigenvalue weighted by atomic mass is 10.0. The zero-order valence-corrected chi connectivity index (χ0v) is 14.8. The van der Waals surface area contributed by atoms with E-state index in [1.807, 2.05) is 5.32 Å². The third-order valence-corrected chi connectivity index (χ3v) is 4.87. The minimum Gasteiger partial charge on any atom is -0.345 e. The van der Waals surface area contributed by atoms with Crippen LogP contribution in [-0.2, 0) is 9.59 Å². The number of nitrogens with zero attached hydrogens (tertiary/aromatic N) is 2. The van der Waals surface area contributed by atoms with E-state index < -0.39 is 29.9 Å². The summed E-state index contributed by atoms with van der Waals surface area (Å²) in [4.78, 5) is 50.3. The monoisotopic (exact) mass is 397 g/mol. The van der Waals surface area contributed by atoms with Crippen molar-refractivity contribution >= 4 is 23.6 Å². The molecule has 0 unspecified atom stereocenters. The second kappa shape index (κ2) is 7.61. The number of likely N-dealkylation sites (tertiary alicyclic amines) is 1. The summed E-state index contributed by atoms with van der Waals surface area (Å²) in [7, 11) is 0. The predicted octanol–water partition coefficient (Wildman–Crippen LogP) is 1.34. The number of piperidine rings is 1. The van der Waals surface area contributed by atoms with Crippen molar-refractivity contribution in [2.75, 3.05) is 19.6 Å². The normalized spacial score (nSPS) is 17.7. The maximum atomic E-state index is 12.3. The molecule has 0 spiro atoms. The van der Waals surface area contributed by atoms with Gasteiger partial charge in [-0.3, -0.25) is 24.1 Å². The van der Waals surface area contributed by atoms with E-state index in [2.05, 4.69) is 0 Å². The average Bonchev–Trinajstić information content (AvgIpc) is 2.90. The Morgan fingerprint density at radius 1 is 1.04 bits per heavy atom. The van der Waals surface area contributed by atoms with Crippen LogP contribution in [0.2, 0.25) is 0 Å². The molecule has 2 aliphatic rings. The number of benzene rings is 1. The van der Waals surface area contributed by atoms with Crippen molar-refractivity contribution in [3.63, 3.8) is 0 Å². The minimum atomic E-state index is -4.93. The first-order valence-corrected chi connectivity index (χ1v) is 8.79. The topological polar surface area (TPSA) is 86.8 Å². The van der Waals surface area contributed by atoms with E-state index in [4.69, 9.17) is 0 Å². The van der Waals surface area contributed by atoms with Crippen LogP contribution >= 0.6 is 0 Å². The fraction of sp³-hybridized carbons (Fsp3) is 0.444. The molecule has 1 saturated heterocycles. The van der Waals surface area contributed by atoms with Crippen molar-refractivity contribution in [1.82, 2.24) is 15.1 Å². The summed E-state index contributed by atoms with van der Waals surface area (Å²) in [6.07, 6.45) is -4.58. The van der Waals surface area contributed by atoms with Crippen molar-refractivity contribution < 1.29 is 32.3 Å². The van der Waals surface area contributed by atoms with Gasteiger partial charge in [-0.1, -0.05) is 12.1 Å². The van der Waals surface area contributed by atoms with E-state index in [1.165, 1.54) is 4.90 Å². The Morgan fingerprint density at radius 2 is 1.57 bits per heavy atom. The molecule has 0 atom stereocenters. The number of rotatable bonds is 4. The number of hydrogen-bond donors (Lipinski definition) is 1. The molecule has 0 radical (unpaired) electrons. The summed E-state index contributed by atoms with van der Waals surface area (Å²) < 4.78 is 36.8. The summed E-state index contributed by atoms with van der Waals surface area (Å²) in [5.41, 5.74) is 0.613. The number of fused-ring (bicyclic) bond motifs is 1. The van der Waals surface area contributed by atoms with Gasteiger partial charge in [-0.15, -0.1) is 0 Å². The van der Waals surface area contributed by atoms with Crippen LogP contribution in [0.1, 0.15) is 40.0 Å². The molecule has 2 heterocycles. The van der Waals surface area contributed by atoms with Gasteiger partial charge < -0.3 is 10.2 Å². The van der Waals surface area contributed by atoms with Crippen LogP contribution in [0.4, 0.5) is 13.2 Å². The van der Waals surface area contributed by atoms with Crippen molar-refractivity contribution in [2.24, 2.45) is 0 Å². The van der Waals surface area contributed by atoms with Crippen LogP contribution in [-0.4, -0.2) is 65.3 Å². The van der Waals surface area contributed by atoms with E-state index in [0.717, 1.165) is 4.90 Å². The average molecular weight is 397 g/mol. The van der Waals surface area contributed by atoms with Gasteiger partial charge in [0.1, 0.15) is 0 Å². The summed E-state index contributed by atoms with van der Waals surface area (Å²) in [6.45, 7) is 0.337. The van der Waals surface area contributed by atoms with Crippen molar-refractivity contribution in [3.8, 4) is 0 Å². The zero-order chi connectivity index (χ0) is 20.5. The predicted molar refractivity (Wildman–Crippen MR) is 90.2 cm³/mol. The molecule has 0 aliphatic carbocycles. The Hall–Kier alpha value is -2.91. The number of nitrogens with one attached hydrogen (secondary N) is 1. The van der Waals surface area contributed by atoms with E-state index in [9.17, 15) is 32.3 Å². The molecule has 1 N–H and O–H groups in total. The van der Waals surface area contributed by atoms with Crippen LogP contribution in [0.5, 0.6) is 0 Å². The molecular formula is C18H18F3N3O4. The van der Waals surface area contributed by atoms with Crippen LogP contribution in [0.3, 0.4) is 0 Å². The third-order valence-electron chi connectivity index (χ3n) is 4.87. The molecule has 7 nitrogen and oxygen atoms in total. The summed E-state index contributed by atoms with van der Waals surface area (Å²) in [6, 6.07) is 5.77. The minimum absolute atomic E-state index is 0.0596. The van der Waals surface area contributed by atoms with Gasteiger partial charge in [0.2, 0.25) is 5.91 Å². The standard InChI is InChI=1S/C18H18F3N3O4/c19-18(20,21)17(28)22-11-5-8-23(9-6-11)14(25)7-10-24-15(26)12-3-1-2-4-13(12)16(24)27/h1-4,11H,5-10H2,(H,22,28). The van der Waals surface area contributed by atoms with Crippen LogP contribution < -0.4 is 5.32 Å². The maximum Gasteiger partial charge on any atom is 0.471 e. The number of halogens is 3. The molecule has 0 saturated carbocycles. The van der Waals surface area contributed by atoms with Gasteiger partial charge in [-0.25, -0.2) is 0 Å². The lowest BCUT2D eigenvalue weighted by molar-refractivity contribution is -0.174. The Balaban J connectivity index is 1.48. The SMILES string of the molecule is O=C(CCN1C(=O)c2ccccc2C1=O)N1CCC(NC(=O)C(F)(F)F)CC1. The molecule has 1 aromatic carbocycles. The van der Waals surface area contributed by atoms with E-state index >= 15 is 0 Å². The van der Waals surface area contributed by atoms with Crippen molar-refractivity contribution in [1.29, 1.82) is 0 Å². The molecule has 1 fully saturated rings. The lowest BCUT2D eigenvalue weighted by Crippen LogP contribution is -2.50. The van der Waals surface area contributed by atoms with E-state index in [-0.39, 0.29) is 44.8 Å². The second-order valence-corrected chi connectivity index (χ2v) is 6.68. The highest BCUT2D eigenvalue weighted by molar-refractivity contribution is 6.21. The lowest BCUT2D eigenvalue weighted by Gasteiger charge is -2.32. The number of amides is 4. The van der Waals surface area contributed by atoms with Crippen LogP contribution in [0, 0.1) is 0 Å². The van der Waals surface area contributed by atoms with Gasteiger partial charge in [-0.2, -0.15) is 13.2 Å². The molecule has 0 aromatic heterocycles. The first-order valence-electron chi connectivity index (χ1n) is 8.79. The number of carbonyl (C=O) groups is 4. The molecule has 2 aliphatic heterocycles. The van der Waals surface area contributed by atoms with Gasteiger partial charge in [0.05, 0.1) is 11.1 Å². The molecular weight excluding hydrogens is 379 g/mol. The van der Waals surface area contributed by atoms with Gasteiger partial charge in [0.15, 0.2) is 0 Å². The summed E-state index contributed by atoms with van der Waals surface area (Å²) >= 11 is 0. The van der Waals surface area contributed by atoms with Gasteiger partial charge >= 0.3 is 12.1 Å². The van der Waals surface area contributed by atoms with Crippen molar-refractivity contribution in [3.05, 3.63) is 35.4 Å². The highest BCUT2D eigenvalue weighted by Crippen LogP contribution is 2.23. The van der Waals surface area contributed by atoms with Crippen LogP contribution in [0.15, 0.2) is 24.3 Å². The largest absolute Gasteiger partial charge is 0.471 e.